The molecule has 4 nitrogen and oxygen atoms in total. The summed E-state index contributed by atoms with van der Waals surface area (Å²) < 4.78 is 0. The zero-order valence-electron chi connectivity index (χ0n) is 29.1. The van der Waals surface area contributed by atoms with Gasteiger partial charge in [-0.1, -0.05) is 143 Å². The average Bonchev–Trinajstić information content (AvgIpc) is 2.99. The van der Waals surface area contributed by atoms with Crippen LogP contribution in [0.4, 0.5) is 0 Å². The molecule has 0 unspecified atom stereocenters. The Labute approximate surface area is 260 Å². The maximum atomic E-state index is 2.83. The minimum atomic E-state index is 1.19. The third-order valence-corrected chi connectivity index (χ3v) is 9.57. The zero-order chi connectivity index (χ0) is 29.6. The third-order valence-electron chi connectivity index (χ3n) is 9.57. The number of hydrogen-bond donors (Lipinski definition) is 0. The van der Waals surface area contributed by atoms with Gasteiger partial charge in [0.05, 0.1) is 0 Å². The molecule has 246 valence electrons. The van der Waals surface area contributed by atoms with Crippen molar-refractivity contribution < 1.29 is 0 Å². The van der Waals surface area contributed by atoms with Crippen molar-refractivity contribution in [2.45, 2.75) is 163 Å². The summed E-state index contributed by atoms with van der Waals surface area (Å²) in [6.45, 7) is 24.5. The van der Waals surface area contributed by atoms with Crippen molar-refractivity contribution in [2.75, 3.05) is 78.5 Å². The molecule has 41 heavy (non-hydrogen) atoms. The molecule has 0 aromatic heterocycles. The van der Waals surface area contributed by atoms with Gasteiger partial charge in [0.2, 0.25) is 0 Å². The van der Waals surface area contributed by atoms with Crippen molar-refractivity contribution in [3.8, 4) is 0 Å². The quantitative estimate of drug-likeness (QED) is 0.0759. The van der Waals surface area contributed by atoms with Gasteiger partial charge in [0.1, 0.15) is 0 Å². The topological polar surface area (TPSA) is 13.0 Å². The number of likely N-dealkylation sites (N-methyl/N-ethyl adjacent to an activating group) is 1. The number of hydrogen-bond acceptors (Lipinski definition) is 4. The second kappa shape index (κ2) is 29.9. The van der Waals surface area contributed by atoms with Crippen LogP contribution in [0, 0.1) is 0 Å². The van der Waals surface area contributed by atoms with E-state index in [1.54, 1.807) is 0 Å². The van der Waals surface area contributed by atoms with E-state index in [0.29, 0.717) is 0 Å². The first-order valence-corrected chi connectivity index (χ1v) is 19.1. The SMILES string of the molecule is CCCCCCCCCCCCN(CCCCCCCCCCCC)CCN(CC)CCN1CCN(CCC)CC1. The standard InChI is InChI=1S/C37H78N4/c1-5-9-11-13-15-17-19-21-23-25-28-40(29-26-24-22-20-18-16-14-12-10-6-2)32-30-38(8-4)31-33-41-36-34-39(27-7-3)35-37-41/h5-37H2,1-4H3. The first-order valence-electron chi connectivity index (χ1n) is 19.1. The highest BCUT2D eigenvalue weighted by molar-refractivity contribution is 4.73. The number of nitrogens with zero attached hydrogens (tertiary/aromatic N) is 4. The minimum Gasteiger partial charge on any atom is -0.302 e. The first kappa shape index (κ1) is 38.9. The Kier molecular flexibility index (Phi) is 28.3. The molecular weight excluding hydrogens is 500 g/mol. The number of unbranched alkanes of at least 4 members (excludes halogenated alkanes) is 18. The molecule has 0 aliphatic carbocycles. The highest BCUT2D eigenvalue weighted by Gasteiger charge is 2.17. The second-order valence-electron chi connectivity index (χ2n) is 13.3. The molecule has 0 saturated carbocycles. The predicted molar refractivity (Wildman–Crippen MR) is 185 cm³/mol. The van der Waals surface area contributed by atoms with Crippen LogP contribution < -0.4 is 0 Å². The lowest BCUT2D eigenvalue weighted by Gasteiger charge is -2.36. The molecule has 0 N–H and O–H groups in total. The van der Waals surface area contributed by atoms with Crippen LogP contribution in [0.25, 0.3) is 0 Å². The fraction of sp³-hybridized carbons (Fsp3) is 1.00. The van der Waals surface area contributed by atoms with E-state index in [-0.39, 0.29) is 0 Å². The van der Waals surface area contributed by atoms with E-state index in [1.165, 1.54) is 213 Å². The van der Waals surface area contributed by atoms with Gasteiger partial charge in [-0.3, -0.25) is 4.90 Å². The van der Waals surface area contributed by atoms with E-state index >= 15 is 0 Å². The number of piperazine rings is 1. The molecule has 1 rings (SSSR count). The molecule has 0 aromatic rings. The highest BCUT2D eigenvalue weighted by Crippen LogP contribution is 2.13. The van der Waals surface area contributed by atoms with Gasteiger partial charge in [-0.25, -0.2) is 0 Å². The van der Waals surface area contributed by atoms with E-state index in [0.717, 1.165) is 0 Å². The van der Waals surface area contributed by atoms with Crippen LogP contribution in [0.5, 0.6) is 0 Å². The molecule has 1 aliphatic heterocycles. The van der Waals surface area contributed by atoms with E-state index in [9.17, 15) is 0 Å². The zero-order valence-corrected chi connectivity index (χ0v) is 29.1. The highest BCUT2D eigenvalue weighted by atomic mass is 15.3. The Hall–Kier alpha value is -0.160. The minimum absolute atomic E-state index is 1.19. The van der Waals surface area contributed by atoms with Gasteiger partial charge in [-0.2, -0.15) is 0 Å². The van der Waals surface area contributed by atoms with Gasteiger partial charge >= 0.3 is 0 Å². The van der Waals surface area contributed by atoms with Crippen LogP contribution in [-0.4, -0.2) is 98.1 Å². The molecule has 0 radical (unpaired) electrons. The van der Waals surface area contributed by atoms with Gasteiger partial charge in [0, 0.05) is 52.4 Å². The van der Waals surface area contributed by atoms with Gasteiger partial charge in [0.15, 0.2) is 0 Å². The van der Waals surface area contributed by atoms with E-state index in [4.69, 9.17) is 0 Å². The Morgan fingerprint density at radius 2 is 0.707 bits per heavy atom. The van der Waals surface area contributed by atoms with E-state index < -0.39 is 0 Å². The first-order chi connectivity index (χ1) is 20.2. The Morgan fingerprint density at radius 1 is 0.341 bits per heavy atom. The average molecular weight is 579 g/mol. The van der Waals surface area contributed by atoms with Crippen molar-refractivity contribution in [3.05, 3.63) is 0 Å². The van der Waals surface area contributed by atoms with Gasteiger partial charge in [-0.05, 0) is 45.4 Å². The molecule has 0 atom stereocenters. The molecule has 1 fully saturated rings. The van der Waals surface area contributed by atoms with E-state index in [2.05, 4.69) is 47.3 Å². The summed E-state index contributed by atoms with van der Waals surface area (Å²) in [4.78, 5) is 10.9. The lowest BCUT2D eigenvalue weighted by Crippen LogP contribution is -2.49. The van der Waals surface area contributed by atoms with Crippen LogP contribution in [0.1, 0.15) is 163 Å². The van der Waals surface area contributed by atoms with Crippen molar-refractivity contribution in [1.82, 2.24) is 19.6 Å². The Bertz CT molecular complexity index is 481. The lowest BCUT2D eigenvalue weighted by molar-refractivity contribution is 0.116. The van der Waals surface area contributed by atoms with Crippen molar-refractivity contribution in [2.24, 2.45) is 0 Å². The summed E-state index contributed by atoms with van der Waals surface area (Å²) in [6.07, 6.45) is 30.1. The molecule has 1 aliphatic rings. The molecule has 0 bridgehead atoms. The maximum Gasteiger partial charge on any atom is 0.0110 e. The Balaban J connectivity index is 2.28. The monoisotopic (exact) mass is 579 g/mol. The molecule has 1 saturated heterocycles. The van der Waals surface area contributed by atoms with Crippen LogP contribution in [-0.2, 0) is 0 Å². The van der Waals surface area contributed by atoms with Crippen molar-refractivity contribution >= 4 is 0 Å². The van der Waals surface area contributed by atoms with Crippen LogP contribution in [0.2, 0.25) is 0 Å². The molecule has 1 heterocycles. The molecular formula is C37H78N4. The fourth-order valence-corrected chi connectivity index (χ4v) is 6.53. The van der Waals surface area contributed by atoms with Crippen LogP contribution in [0.3, 0.4) is 0 Å². The summed E-state index contributed by atoms with van der Waals surface area (Å²) in [6, 6.07) is 0. The van der Waals surface area contributed by atoms with E-state index in [1.807, 2.05) is 0 Å². The maximum absolute atomic E-state index is 2.83. The normalized spacial score (nSPS) is 15.1. The van der Waals surface area contributed by atoms with Gasteiger partial charge in [-0.15, -0.1) is 0 Å². The summed E-state index contributed by atoms with van der Waals surface area (Å²) in [5.41, 5.74) is 0. The van der Waals surface area contributed by atoms with Gasteiger partial charge in [0.25, 0.3) is 0 Å². The fourth-order valence-electron chi connectivity index (χ4n) is 6.53. The smallest absolute Gasteiger partial charge is 0.0110 e. The summed E-state index contributed by atoms with van der Waals surface area (Å²) >= 11 is 0. The summed E-state index contributed by atoms with van der Waals surface area (Å²) in [5.74, 6) is 0. The lowest BCUT2D eigenvalue weighted by atomic mass is 10.1. The molecule has 0 amide bonds. The molecule has 4 heteroatoms. The van der Waals surface area contributed by atoms with Gasteiger partial charge < -0.3 is 14.7 Å². The largest absolute Gasteiger partial charge is 0.302 e. The second-order valence-corrected chi connectivity index (χ2v) is 13.3. The van der Waals surface area contributed by atoms with Crippen molar-refractivity contribution in [1.29, 1.82) is 0 Å². The van der Waals surface area contributed by atoms with Crippen molar-refractivity contribution in [3.63, 3.8) is 0 Å². The molecule has 0 aromatic carbocycles. The number of rotatable bonds is 31. The Morgan fingerprint density at radius 3 is 1.10 bits per heavy atom. The summed E-state index contributed by atoms with van der Waals surface area (Å²) in [7, 11) is 0. The van der Waals surface area contributed by atoms with Crippen LogP contribution >= 0.6 is 0 Å². The predicted octanol–water partition coefficient (Wildman–Crippen LogP) is 9.48. The molecule has 0 spiro atoms. The van der Waals surface area contributed by atoms with Crippen LogP contribution in [0.15, 0.2) is 0 Å². The summed E-state index contributed by atoms with van der Waals surface area (Å²) in [5, 5.41) is 0. The third kappa shape index (κ3) is 23.9.